The maximum atomic E-state index is 12.8. The molecule has 1 fully saturated rings. The molecule has 9 nitrogen and oxygen atoms in total. The van der Waals surface area contributed by atoms with Gasteiger partial charge in [-0.3, -0.25) is 14.4 Å². The van der Waals surface area contributed by atoms with Gasteiger partial charge in [-0.1, -0.05) is 117 Å². The zero-order chi connectivity index (χ0) is 32.4. The third-order valence-corrected chi connectivity index (χ3v) is 8.18. The van der Waals surface area contributed by atoms with E-state index in [1.54, 1.807) is 0 Å². The van der Waals surface area contributed by atoms with E-state index < -0.39 is 42.5 Å². The maximum absolute atomic E-state index is 12.8. The fourth-order valence-corrected chi connectivity index (χ4v) is 5.48. The Morgan fingerprint density at radius 3 is 1.45 bits per heavy atom. The fourth-order valence-electron chi connectivity index (χ4n) is 5.48. The molecule has 258 valence electrons. The number of rotatable bonds is 28. The van der Waals surface area contributed by atoms with Gasteiger partial charge < -0.3 is 29.0 Å². The molecule has 1 unspecified atom stereocenters. The predicted octanol–water partition coefficient (Wildman–Crippen LogP) is 7.25. The van der Waals surface area contributed by atoms with Crippen LogP contribution >= 0.6 is 0 Å². The number of ether oxygens (including phenoxy) is 4. The van der Waals surface area contributed by atoms with Gasteiger partial charge in [-0.15, -0.1) is 0 Å². The highest BCUT2D eigenvalue weighted by Crippen LogP contribution is 2.27. The van der Waals surface area contributed by atoms with E-state index in [0.717, 1.165) is 32.2 Å². The normalized spacial score (nSPS) is 19.8. The third kappa shape index (κ3) is 20.3. The number of hydrogen-bond acceptors (Lipinski definition) is 9. The van der Waals surface area contributed by atoms with Crippen LogP contribution in [0.2, 0.25) is 0 Å². The Bertz CT molecular complexity index is 746. The summed E-state index contributed by atoms with van der Waals surface area (Å²) in [6.07, 6.45) is 17.2. The van der Waals surface area contributed by atoms with E-state index in [0.29, 0.717) is 19.3 Å². The number of nitrogens with zero attached hydrogens (tertiary/aromatic N) is 1. The van der Waals surface area contributed by atoms with Crippen LogP contribution in [0.5, 0.6) is 0 Å². The fraction of sp³-hybridized carbons (Fsp3) is 0.914. The molecule has 1 aliphatic heterocycles. The van der Waals surface area contributed by atoms with Gasteiger partial charge in [0.15, 0.2) is 18.5 Å². The number of carbonyl (C=O) groups excluding carboxylic acids is 3. The van der Waals surface area contributed by atoms with Crippen LogP contribution in [-0.4, -0.2) is 79.8 Å². The molecule has 0 aromatic carbocycles. The lowest BCUT2D eigenvalue weighted by Crippen LogP contribution is -2.42. The van der Waals surface area contributed by atoms with E-state index in [9.17, 15) is 19.5 Å². The van der Waals surface area contributed by atoms with Crippen molar-refractivity contribution < 1.29 is 38.4 Å². The maximum Gasteiger partial charge on any atom is 0.306 e. The minimum Gasteiger partial charge on any atom is -0.463 e. The molecule has 0 aliphatic carbocycles. The summed E-state index contributed by atoms with van der Waals surface area (Å²) in [4.78, 5) is 39.7. The molecule has 44 heavy (non-hydrogen) atoms. The van der Waals surface area contributed by atoms with Crippen LogP contribution in [0.1, 0.15) is 155 Å². The third-order valence-electron chi connectivity index (χ3n) is 8.18. The Kier molecular flexibility index (Phi) is 24.3. The Hall–Kier alpha value is -1.71. The Labute approximate surface area is 268 Å². The van der Waals surface area contributed by atoms with Crippen molar-refractivity contribution in [2.75, 3.05) is 27.2 Å². The van der Waals surface area contributed by atoms with Crippen molar-refractivity contribution in [1.29, 1.82) is 0 Å². The molecule has 9 heteroatoms. The lowest BCUT2D eigenvalue weighted by Gasteiger charge is -2.23. The summed E-state index contributed by atoms with van der Waals surface area (Å²) in [7, 11) is 3.87. The van der Waals surface area contributed by atoms with Gasteiger partial charge >= 0.3 is 17.9 Å². The van der Waals surface area contributed by atoms with Crippen molar-refractivity contribution in [2.24, 2.45) is 0 Å². The number of esters is 3. The van der Waals surface area contributed by atoms with Crippen LogP contribution in [0, 0.1) is 0 Å². The molecule has 1 aliphatic rings. The summed E-state index contributed by atoms with van der Waals surface area (Å²) < 4.78 is 22.3. The molecule has 1 rings (SSSR count). The molecule has 1 heterocycles. The lowest BCUT2D eigenvalue weighted by molar-refractivity contribution is -0.177. The van der Waals surface area contributed by atoms with E-state index in [2.05, 4.69) is 13.8 Å². The first-order valence-corrected chi connectivity index (χ1v) is 17.8. The number of aliphatic hydroxyl groups excluding tert-OH is 1. The minimum absolute atomic E-state index is 0.194. The van der Waals surface area contributed by atoms with Crippen LogP contribution in [0.4, 0.5) is 0 Å². The van der Waals surface area contributed by atoms with Gasteiger partial charge in [0, 0.05) is 19.3 Å². The van der Waals surface area contributed by atoms with Gasteiger partial charge in [0.1, 0.15) is 12.7 Å². The Morgan fingerprint density at radius 1 is 0.591 bits per heavy atom. The van der Waals surface area contributed by atoms with Crippen molar-refractivity contribution in [2.45, 2.75) is 180 Å². The van der Waals surface area contributed by atoms with E-state index in [1.807, 2.05) is 19.0 Å². The van der Waals surface area contributed by atoms with Gasteiger partial charge in [0.2, 0.25) is 0 Å². The van der Waals surface area contributed by atoms with Gasteiger partial charge in [-0.05, 0) is 39.9 Å². The monoisotopic (exact) mass is 627 g/mol. The first-order chi connectivity index (χ1) is 21.3. The smallest absolute Gasteiger partial charge is 0.306 e. The number of unbranched alkanes of at least 4 members (excludes halogenated alkanes) is 16. The molecule has 0 aromatic heterocycles. The second-order valence-corrected chi connectivity index (χ2v) is 12.7. The van der Waals surface area contributed by atoms with Crippen LogP contribution < -0.4 is 0 Å². The molecule has 0 amide bonds. The first-order valence-electron chi connectivity index (χ1n) is 17.8. The molecule has 0 saturated carbocycles. The van der Waals surface area contributed by atoms with Crippen LogP contribution in [-0.2, 0) is 33.3 Å². The van der Waals surface area contributed by atoms with Crippen molar-refractivity contribution in [3.63, 3.8) is 0 Å². The Morgan fingerprint density at radius 2 is 1.00 bits per heavy atom. The standard InChI is InChI=1S/C35H65NO8/c1-5-7-9-11-13-15-17-19-21-24-31(38)43-33-29(28-41-30(37)26-23-27-36(3)4)42-35(40)34(33)44-32(39)25-22-20-18-16-14-12-10-8-6-2/h29,33-35,40H,5-28H2,1-4H3/t29-,33+,34?,35-/m1/s1. The summed E-state index contributed by atoms with van der Waals surface area (Å²) in [6, 6.07) is 0. The van der Waals surface area contributed by atoms with E-state index in [-0.39, 0.29) is 25.9 Å². The highest BCUT2D eigenvalue weighted by atomic mass is 16.7. The highest BCUT2D eigenvalue weighted by Gasteiger charge is 2.49. The molecule has 0 bridgehead atoms. The van der Waals surface area contributed by atoms with Crippen molar-refractivity contribution in [3.8, 4) is 0 Å². The quantitative estimate of drug-likeness (QED) is 0.0544. The van der Waals surface area contributed by atoms with E-state index in [4.69, 9.17) is 18.9 Å². The highest BCUT2D eigenvalue weighted by molar-refractivity contribution is 5.71. The van der Waals surface area contributed by atoms with Gasteiger partial charge in [-0.2, -0.15) is 0 Å². The number of aliphatic hydroxyl groups is 1. The summed E-state index contributed by atoms with van der Waals surface area (Å²) in [5.41, 5.74) is 0. The largest absolute Gasteiger partial charge is 0.463 e. The number of carbonyl (C=O) groups is 3. The molecule has 1 N–H and O–H groups in total. The summed E-state index contributed by atoms with van der Waals surface area (Å²) in [5, 5.41) is 10.6. The van der Waals surface area contributed by atoms with Crippen LogP contribution in [0.25, 0.3) is 0 Å². The zero-order valence-corrected chi connectivity index (χ0v) is 28.5. The van der Waals surface area contributed by atoms with Crippen LogP contribution in [0.3, 0.4) is 0 Å². The molecule has 0 spiro atoms. The topological polar surface area (TPSA) is 112 Å². The van der Waals surface area contributed by atoms with E-state index >= 15 is 0 Å². The van der Waals surface area contributed by atoms with Gasteiger partial charge in [0.25, 0.3) is 0 Å². The summed E-state index contributed by atoms with van der Waals surface area (Å²) in [6.45, 7) is 4.99. The second kappa shape index (κ2) is 26.5. The summed E-state index contributed by atoms with van der Waals surface area (Å²) in [5.74, 6) is -1.28. The van der Waals surface area contributed by atoms with Crippen molar-refractivity contribution in [1.82, 2.24) is 4.90 Å². The Balaban J connectivity index is 2.55. The second-order valence-electron chi connectivity index (χ2n) is 12.7. The molecule has 4 atom stereocenters. The van der Waals surface area contributed by atoms with Crippen molar-refractivity contribution in [3.05, 3.63) is 0 Å². The average molecular weight is 628 g/mol. The van der Waals surface area contributed by atoms with Gasteiger partial charge in [0.05, 0.1) is 0 Å². The molecule has 0 radical (unpaired) electrons. The summed E-state index contributed by atoms with van der Waals surface area (Å²) >= 11 is 0. The van der Waals surface area contributed by atoms with Crippen LogP contribution in [0.15, 0.2) is 0 Å². The lowest BCUT2D eigenvalue weighted by atomic mass is 10.1. The van der Waals surface area contributed by atoms with Gasteiger partial charge in [-0.25, -0.2) is 0 Å². The minimum atomic E-state index is -1.47. The van der Waals surface area contributed by atoms with E-state index in [1.165, 1.54) is 77.0 Å². The molecule has 1 saturated heterocycles. The first kappa shape index (κ1) is 40.3. The number of hydrogen-bond donors (Lipinski definition) is 1. The van der Waals surface area contributed by atoms with Crippen molar-refractivity contribution >= 4 is 17.9 Å². The molecular formula is C35H65NO8. The zero-order valence-electron chi connectivity index (χ0n) is 28.5. The average Bonchev–Trinajstić information content (AvgIpc) is 3.27. The molecular weight excluding hydrogens is 562 g/mol. The molecule has 0 aromatic rings. The SMILES string of the molecule is CCCCCCCCCCCC(=O)OC1[C@H](O)O[C@H](COC(=O)CCCN(C)C)[C@@H]1OC(=O)CCCCCCCCCCC. The predicted molar refractivity (Wildman–Crippen MR) is 173 cm³/mol.